The lowest BCUT2D eigenvalue weighted by Crippen LogP contribution is -2.03. The van der Waals surface area contributed by atoms with Crippen LogP contribution in [-0.4, -0.2) is 11.8 Å². The van der Waals surface area contributed by atoms with E-state index in [0.717, 1.165) is 43.8 Å². The quantitative estimate of drug-likeness (QED) is 0.323. The van der Waals surface area contributed by atoms with E-state index in [1.54, 1.807) is 11.3 Å². The van der Waals surface area contributed by atoms with Gasteiger partial charge in [-0.1, -0.05) is 53.8 Å². The molecule has 0 saturated heterocycles. The average molecular weight is 439 g/mol. The molecule has 0 saturated carbocycles. The smallest absolute Gasteiger partial charge is 0.231 e. The van der Waals surface area contributed by atoms with Crippen LogP contribution >= 0.6 is 11.3 Å². The third-order valence-corrected chi connectivity index (χ3v) is 6.22. The molecular formula is C26H18N2O3S. The van der Waals surface area contributed by atoms with Gasteiger partial charge >= 0.3 is 0 Å². The lowest BCUT2D eigenvalue weighted by molar-refractivity contribution is 0.174. The van der Waals surface area contributed by atoms with Gasteiger partial charge in [0.1, 0.15) is 11.3 Å². The molecule has 1 aliphatic rings. The Morgan fingerprint density at radius 2 is 1.66 bits per heavy atom. The lowest BCUT2D eigenvalue weighted by Gasteiger charge is -2.05. The van der Waals surface area contributed by atoms with Gasteiger partial charge in [0.2, 0.25) is 11.9 Å². The zero-order valence-corrected chi connectivity index (χ0v) is 18.1. The number of aromatic nitrogens is 1. The fourth-order valence-electron chi connectivity index (χ4n) is 3.80. The zero-order chi connectivity index (χ0) is 21.5. The highest BCUT2D eigenvalue weighted by Crippen LogP contribution is 2.36. The Hall–Kier alpha value is -3.90. The molecule has 156 valence electrons. The number of ether oxygens (including phenoxy) is 2. The number of fused-ring (bicyclic) bond motifs is 2. The maximum atomic E-state index is 6.21. The number of thiazole rings is 1. The number of aryl methyl sites for hydroxylation is 1. The maximum absolute atomic E-state index is 6.21. The summed E-state index contributed by atoms with van der Waals surface area (Å²) in [4.78, 5) is 10.9. The van der Waals surface area contributed by atoms with Crippen molar-refractivity contribution in [3.63, 3.8) is 0 Å². The van der Waals surface area contributed by atoms with E-state index in [4.69, 9.17) is 23.9 Å². The first kappa shape index (κ1) is 18.8. The number of hydrogen-bond acceptors (Lipinski definition) is 6. The van der Waals surface area contributed by atoms with Gasteiger partial charge in [-0.25, -0.2) is 9.98 Å². The van der Waals surface area contributed by atoms with Crippen molar-refractivity contribution in [1.29, 1.82) is 0 Å². The maximum Gasteiger partial charge on any atom is 0.231 e. The number of nitrogens with zero attached hydrogens (tertiary/aromatic N) is 2. The Morgan fingerprint density at radius 1 is 0.844 bits per heavy atom. The van der Waals surface area contributed by atoms with Crippen LogP contribution in [0.25, 0.3) is 33.6 Å². The molecule has 1 aliphatic heterocycles. The van der Waals surface area contributed by atoms with E-state index in [2.05, 4.69) is 19.1 Å². The molecule has 5 aromatic rings. The number of hydrogen-bond donors (Lipinski definition) is 0. The normalized spacial score (nSPS) is 13.1. The highest BCUT2D eigenvalue weighted by atomic mass is 32.1. The topological polar surface area (TPSA) is 56.9 Å². The van der Waals surface area contributed by atoms with E-state index in [1.165, 1.54) is 0 Å². The first-order valence-electron chi connectivity index (χ1n) is 10.2. The summed E-state index contributed by atoms with van der Waals surface area (Å²) in [6, 6.07) is 25.9. The summed E-state index contributed by atoms with van der Waals surface area (Å²) >= 11 is 1.59. The Kier molecular flexibility index (Phi) is 4.51. The summed E-state index contributed by atoms with van der Waals surface area (Å²) in [7, 11) is 0. The van der Waals surface area contributed by atoms with Crippen LogP contribution in [0.5, 0.6) is 11.5 Å². The summed E-state index contributed by atoms with van der Waals surface area (Å²) in [5.41, 5.74) is 3.72. The second kappa shape index (κ2) is 7.66. The summed E-state index contributed by atoms with van der Waals surface area (Å²) in [5, 5.41) is 2.47. The molecule has 0 aliphatic carbocycles. The van der Waals surface area contributed by atoms with Crippen molar-refractivity contribution in [3.05, 3.63) is 89.1 Å². The molecule has 0 radical (unpaired) electrons. The lowest BCUT2D eigenvalue weighted by atomic mass is 10.1. The van der Waals surface area contributed by atoms with Crippen LogP contribution < -0.4 is 14.8 Å². The van der Waals surface area contributed by atoms with E-state index in [1.807, 2.05) is 66.7 Å². The van der Waals surface area contributed by atoms with Crippen LogP contribution in [0.3, 0.4) is 0 Å². The van der Waals surface area contributed by atoms with Gasteiger partial charge in [0.05, 0.1) is 11.1 Å². The largest absolute Gasteiger partial charge is 0.456 e. The van der Waals surface area contributed by atoms with E-state index in [0.29, 0.717) is 16.6 Å². The van der Waals surface area contributed by atoms with Crippen molar-refractivity contribution in [2.24, 2.45) is 4.99 Å². The van der Waals surface area contributed by atoms with E-state index < -0.39 is 0 Å². The van der Waals surface area contributed by atoms with Gasteiger partial charge in [-0.2, -0.15) is 0 Å². The third kappa shape index (κ3) is 3.35. The van der Waals surface area contributed by atoms with Crippen molar-refractivity contribution in [1.82, 2.24) is 4.98 Å². The van der Waals surface area contributed by atoms with Crippen LogP contribution in [0.2, 0.25) is 0 Å². The molecular weight excluding hydrogens is 420 g/mol. The van der Waals surface area contributed by atoms with Gasteiger partial charge in [0, 0.05) is 27.5 Å². The Bertz CT molecular complexity index is 1520. The predicted molar refractivity (Wildman–Crippen MR) is 125 cm³/mol. The van der Waals surface area contributed by atoms with Gasteiger partial charge in [0.15, 0.2) is 11.5 Å². The first-order chi connectivity index (χ1) is 15.7. The minimum atomic E-state index is 0.237. The van der Waals surface area contributed by atoms with E-state index in [-0.39, 0.29) is 6.79 Å². The van der Waals surface area contributed by atoms with Gasteiger partial charge in [-0.05, 0) is 37.3 Å². The number of benzene rings is 3. The molecule has 3 aromatic carbocycles. The van der Waals surface area contributed by atoms with Gasteiger partial charge in [-0.3, -0.25) is 0 Å². The van der Waals surface area contributed by atoms with E-state index in [9.17, 15) is 0 Å². The molecule has 6 heteroatoms. The Morgan fingerprint density at radius 3 is 2.56 bits per heavy atom. The molecule has 6 rings (SSSR count). The summed E-state index contributed by atoms with van der Waals surface area (Å²) in [5.74, 6) is 2.16. The molecule has 2 aromatic heterocycles. The second-order valence-electron chi connectivity index (χ2n) is 7.44. The van der Waals surface area contributed by atoms with Crippen molar-refractivity contribution in [3.8, 4) is 34.1 Å². The highest BCUT2D eigenvalue weighted by Gasteiger charge is 2.16. The van der Waals surface area contributed by atoms with E-state index >= 15 is 0 Å². The first-order valence-corrected chi connectivity index (χ1v) is 11.1. The van der Waals surface area contributed by atoms with Crippen LogP contribution in [0.1, 0.15) is 4.88 Å². The van der Waals surface area contributed by atoms with Crippen molar-refractivity contribution in [2.45, 2.75) is 6.92 Å². The van der Waals surface area contributed by atoms with Crippen molar-refractivity contribution < 1.29 is 13.9 Å². The summed E-state index contributed by atoms with van der Waals surface area (Å²) in [6.45, 7) is 2.32. The van der Waals surface area contributed by atoms with Gasteiger partial charge in [-0.15, -0.1) is 0 Å². The number of para-hydroxylation sites is 1. The highest BCUT2D eigenvalue weighted by molar-refractivity contribution is 7.15. The van der Waals surface area contributed by atoms with Crippen molar-refractivity contribution in [2.75, 3.05) is 6.79 Å². The molecule has 0 N–H and O–H groups in total. The predicted octanol–water partition coefficient (Wildman–Crippen LogP) is 6.49. The molecule has 32 heavy (non-hydrogen) atoms. The molecule has 0 amide bonds. The third-order valence-electron chi connectivity index (χ3n) is 5.36. The monoisotopic (exact) mass is 438 g/mol. The zero-order valence-electron chi connectivity index (χ0n) is 17.2. The fraction of sp³-hybridized carbons (Fsp3) is 0.0769. The van der Waals surface area contributed by atoms with Crippen LogP contribution in [0, 0.1) is 6.92 Å². The molecule has 0 unspecified atom stereocenters. The molecule has 0 fully saturated rings. The van der Waals surface area contributed by atoms with Crippen LogP contribution in [-0.2, 0) is 0 Å². The van der Waals surface area contributed by atoms with Crippen LogP contribution in [0.4, 0.5) is 5.13 Å². The molecule has 3 heterocycles. The standard InChI is InChI=1S/C26H18N2O3S/c1-16-25(17-7-3-2-4-8-17)28-26(32-16)27-20-14-23(31-21-10-6-5-9-19(20)21)18-11-12-22-24(13-18)30-15-29-22/h2-14H,15H2,1H3. The summed E-state index contributed by atoms with van der Waals surface area (Å²) in [6.07, 6.45) is 0. The van der Waals surface area contributed by atoms with Crippen LogP contribution in [0.15, 0.2) is 88.3 Å². The van der Waals surface area contributed by atoms with Crippen molar-refractivity contribution >= 4 is 27.4 Å². The molecule has 0 atom stereocenters. The molecule has 0 bridgehead atoms. The minimum absolute atomic E-state index is 0.237. The Balaban J connectivity index is 1.51. The molecule has 0 spiro atoms. The van der Waals surface area contributed by atoms with Gasteiger partial charge in [0.25, 0.3) is 0 Å². The minimum Gasteiger partial charge on any atom is -0.456 e. The fourth-order valence-corrected chi connectivity index (χ4v) is 4.61. The Labute approximate surface area is 188 Å². The number of rotatable bonds is 3. The van der Waals surface area contributed by atoms with Gasteiger partial charge < -0.3 is 13.9 Å². The second-order valence-corrected chi connectivity index (χ2v) is 8.62. The average Bonchev–Trinajstić information content (AvgIpc) is 3.45. The SMILES string of the molecule is Cc1sc(N=c2cc(-c3ccc4c(c3)OCO4)oc3ccccc23)nc1-c1ccccc1. The molecule has 5 nitrogen and oxygen atoms in total. The summed E-state index contributed by atoms with van der Waals surface area (Å²) < 4.78 is 17.2.